The normalized spacial score (nSPS) is 32.2. The molecule has 3 N–H and O–H groups in total. The molecule has 1 fully saturated rings. The van der Waals surface area contributed by atoms with E-state index >= 15 is 0 Å². The number of nitrogens with zero attached hydrogens (tertiary/aromatic N) is 1. The van der Waals surface area contributed by atoms with Gasteiger partial charge in [-0.15, -0.1) is 0 Å². The van der Waals surface area contributed by atoms with Crippen molar-refractivity contribution in [2.45, 2.75) is 31.0 Å². The largest absolute Gasteiger partial charge is 0.479 e. The van der Waals surface area contributed by atoms with Crippen molar-refractivity contribution in [3.05, 3.63) is 0 Å². The molecule has 5 nitrogen and oxygen atoms in total. The number of aliphatic hydroxyl groups excluding tert-OH is 1. The van der Waals surface area contributed by atoms with Crippen LogP contribution in [0.4, 0.5) is 0 Å². The molecule has 1 aliphatic rings. The molecule has 0 aromatic heterocycles. The van der Waals surface area contributed by atoms with E-state index in [1.54, 1.807) is 0 Å². The number of carbonyl (C=O) groups is 1. The highest BCUT2D eigenvalue weighted by Gasteiger charge is 2.40. The lowest BCUT2D eigenvalue weighted by Gasteiger charge is -2.29. The van der Waals surface area contributed by atoms with E-state index < -0.39 is 17.7 Å². The Morgan fingerprint density at radius 2 is 2.07 bits per heavy atom. The molecule has 82 valence electrons. The predicted octanol–water partition coefficient (Wildman–Crippen LogP) is -0.721. The first-order valence-electron chi connectivity index (χ1n) is 4.77. The second-order valence-corrected chi connectivity index (χ2v) is 4.00. The van der Waals surface area contributed by atoms with E-state index in [0.717, 1.165) is 6.54 Å². The van der Waals surface area contributed by atoms with Gasteiger partial charge in [0.05, 0.1) is 0 Å². The molecule has 0 aromatic carbocycles. The third kappa shape index (κ3) is 2.43. The fourth-order valence-electron chi connectivity index (χ4n) is 1.78. The van der Waals surface area contributed by atoms with Crippen LogP contribution in [0.25, 0.3) is 0 Å². The first-order valence-corrected chi connectivity index (χ1v) is 4.77. The van der Waals surface area contributed by atoms with Crippen molar-refractivity contribution in [1.29, 1.82) is 0 Å². The summed E-state index contributed by atoms with van der Waals surface area (Å²) in [5.74, 6) is -1.35. The predicted molar refractivity (Wildman–Crippen MR) is 49.9 cm³/mol. The van der Waals surface area contributed by atoms with Gasteiger partial charge in [0.25, 0.3) is 0 Å². The summed E-state index contributed by atoms with van der Waals surface area (Å²) in [6, 6.07) is 0. The summed E-state index contributed by atoms with van der Waals surface area (Å²) in [5, 5.41) is 27.9. The van der Waals surface area contributed by atoms with E-state index in [2.05, 4.69) is 0 Å². The van der Waals surface area contributed by atoms with Crippen molar-refractivity contribution in [3.8, 4) is 0 Å². The smallest absolute Gasteiger partial charge is 0.335 e. The number of carboxylic acid groups (broad SMARTS) is 1. The molecular weight excluding hydrogens is 186 g/mol. The second kappa shape index (κ2) is 4.25. The van der Waals surface area contributed by atoms with Gasteiger partial charge >= 0.3 is 5.97 Å². The van der Waals surface area contributed by atoms with Crippen molar-refractivity contribution < 1.29 is 20.1 Å². The Labute approximate surface area is 83.0 Å². The fourth-order valence-corrected chi connectivity index (χ4v) is 1.78. The average molecular weight is 203 g/mol. The monoisotopic (exact) mass is 203 g/mol. The van der Waals surface area contributed by atoms with E-state index in [-0.39, 0.29) is 0 Å². The molecule has 5 heteroatoms. The van der Waals surface area contributed by atoms with Gasteiger partial charge in [-0.3, -0.25) is 0 Å². The zero-order valence-electron chi connectivity index (χ0n) is 8.31. The summed E-state index contributed by atoms with van der Waals surface area (Å²) in [5.41, 5.74) is -1.46. The Hall–Kier alpha value is -0.650. The van der Waals surface area contributed by atoms with Crippen LogP contribution in [-0.2, 0) is 4.79 Å². The summed E-state index contributed by atoms with van der Waals surface area (Å²) in [7, 11) is 1.92. The van der Waals surface area contributed by atoms with Gasteiger partial charge in [-0.1, -0.05) is 0 Å². The molecule has 2 unspecified atom stereocenters. The zero-order chi connectivity index (χ0) is 10.8. The minimum atomic E-state index is -1.67. The first kappa shape index (κ1) is 11.4. The average Bonchev–Trinajstić information content (AvgIpc) is 2.28. The van der Waals surface area contributed by atoms with Crippen LogP contribution in [0, 0.1) is 0 Å². The molecule has 0 aromatic rings. The van der Waals surface area contributed by atoms with Gasteiger partial charge in [-0.05, 0) is 32.9 Å². The molecule has 0 radical (unpaired) electrons. The second-order valence-electron chi connectivity index (χ2n) is 4.00. The van der Waals surface area contributed by atoms with Crippen molar-refractivity contribution >= 4 is 5.97 Å². The molecule has 1 rings (SSSR count). The van der Waals surface area contributed by atoms with E-state index in [1.165, 1.54) is 0 Å². The maximum atomic E-state index is 10.6. The van der Waals surface area contributed by atoms with Gasteiger partial charge in [0, 0.05) is 6.54 Å². The van der Waals surface area contributed by atoms with Crippen molar-refractivity contribution in [2.75, 3.05) is 20.1 Å². The maximum absolute atomic E-state index is 10.6. The molecule has 0 amide bonds. The lowest BCUT2D eigenvalue weighted by molar-refractivity contribution is -0.164. The summed E-state index contributed by atoms with van der Waals surface area (Å²) in [4.78, 5) is 12.6. The van der Waals surface area contributed by atoms with Crippen LogP contribution in [0.5, 0.6) is 0 Å². The topological polar surface area (TPSA) is 81.0 Å². The van der Waals surface area contributed by atoms with Gasteiger partial charge in [-0.2, -0.15) is 0 Å². The highest BCUT2D eigenvalue weighted by Crippen LogP contribution is 2.25. The molecule has 1 aliphatic heterocycles. The summed E-state index contributed by atoms with van der Waals surface area (Å²) in [6.45, 7) is 1.44. The number of hydrogen-bond donors (Lipinski definition) is 3. The molecule has 1 heterocycles. The Balaban J connectivity index is 2.67. The number of likely N-dealkylation sites (tertiary alicyclic amines) is 1. The number of aliphatic hydroxyl groups is 2. The van der Waals surface area contributed by atoms with Crippen LogP contribution in [0.15, 0.2) is 0 Å². The van der Waals surface area contributed by atoms with Crippen molar-refractivity contribution in [3.63, 3.8) is 0 Å². The van der Waals surface area contributed by atoms with Crippen LogP contribution in [-0.4, -0.2) is 58.0 Å². The quantitative estimate of drug-likeness (QED) is 0.552. The minimum absolute atomic E-state index is 0.303. The van der Waals surface area contributed by atoms with Crippen molar-refractivity contribution in [2.24, 2.45) is 0 Å². The SMILES string of the molecule is CN1CCCC(O)(C(O)C(=O)O)CC1. The lowest BCUT2D eigenvalue weighted by Crippen LogP contribution is -2.47. The standard InChI is InChI=1S/C9H17NO4/c1-10-5-2-3-9(14,4-6-10)7(11)8(12)13/h7,11,14H,2-6H2,1H3,(H,12,13). The maximum Gasteiger partial charge on any atom is 0.335 e. The minimum Gasteiger partial charge on any atom is -0.479 e. The summed E-state index contributed by atoms with van der Waals surface area (Å²) < 4.78 is 0. The Bertz CT molecular complexity index is 221. The number of carboxylic acids is 1. The van der Waals surface area contributed by atoms with Gasteiger partial charge in [0.2, 0.25) is 0 Å². The number of aliphatic carboxylic acids is 1. The molecule has 1 saturated heterocycles. The number of rotatable bonds is 2. The fraction of sp³-hybridized carbons (Fsp3) is 0.889. The van der Waals surface area contributed by atoms with Crippen LogP contribution >= 0.6 is 0 Å². The zero-order valence-corrected chi connectivity index (χ0v) is 8.31. The molecular formula is C9H17NO4. The van der Waals surface area contributed by atoms with E-state index in [1.807, 2.05) is 11.9 Å². The Morgan fingerprint density at radius 3 is 2.64 bits per heavy atom. The Morgan fingerprint density at radius 1 is 1.43 bits per heavy atom. The molecule has 0 aliphatic carbocycles. The third-order valence-corrected chi connectivity index (χ3v) is 2.82. The van der Waals surface area contributed by atoms with Crippen molar-refractivity contribution in [1.82, 2.24) is 4.90 Å². The van der Waals surface area contributed by atoms with Gasteiger partial charge in [0.1, 0.15) is 5.60 Å². The first-order chi connectivity index (χ1) is 6.46. The van der Waals surface area contributed by atoms with E-state index in [4.69, 9.17) is 5.11 Å². The van der Waals surface area contributed by atoms with Gasteiger partial charge < -0.3 is 20.2 Å². The molecule has 14 heavy (non-hydrogen) atoms. The lowest BCUT2D eigenvalue weighted by atomic mass is 9.89. The van der Waals surface area contributed by atoms with Crippen LogP contribution in [0.3, 0.4) is 0 Å². The summed E-state index contributed by atoms with van der Waals surface area (Å²) >= 11 is 0. The molecule has 0 saturated carbocycles. The highest BCUT2D eigenvalue weighted by atomic mass is 16.4. The van der Waals surface area contributed by atoms with Crippen LogP contribution in [0.2, 0.25) is 0 Å². The Kier molecular flexibility index (Phi) is 3.47. The van der Waals surface area contributed by atoms with Gasteiger partial charge in [0.15, 0.2) is 6.10 Å². The molecule has 0 spiro atoms. The summed E-state index contributed by atoms with van der Waals surface area (Å²) in [6.07, 6.45) is -0.326. The highest BCUT2D eigenvalue weighted by molar-refractivity contribution is 5.73. The van der Waals surface area contributed by atoms with E-state index in [0.29, 0.717) is 25.8 Å². The molecule has 2 atom stereocenters. The molecule has 0 bridgehead atoms. The van der Waals surface area contributed by atoms with Crippen LogP contribution in [0.1, 0.15) is 19.3 Å². The number of hydrogen-bond acceptors (Lipinski definition) is 4. The van der Waals surface area contributed by atoms with E-state index in [9.17, 15) is 15.0 Å². The third-order valence-electron chi connectivity index (χ3n) is 2.82. The van der Waals surface area contributed by atoms with Crippen LogP contribution < -0.4 is 0 Å². The van der Waals surface area contributed by atoms with Gasteiger partial charge in [-0.25, -0.2) is 4.79 Å².